The molecule has 162 valence electrons. The fourth-order valence-corrected chi connectivity index (χ4v) is 3.25. The number of carboxylic acids is 1. The highest BCUT2D eigenvalue weighted by Gasteiger charge is 2.38. The zero-order valence-corrected chi connectivity index (χ0v) is 15.7. The van der Waals surface area contributed by atoms with Gasteiger partial charge < -0.3 is 16.2 Å². The van der Waals surface area contributed by atoms with Gasteiger partial charge in [0.05, 0.1) is 17.3 Å². The maximum atomic E-state index is 12.6. The van der Waals surface area contributed by atoms with Crippen LogP contribution >= 0.6 is 11.8 Å². The Labute approximate surface area is 170 Å². The summed E-state index contributed by atoms with van der Waals surface area (Å²) in [6, 6.07) is 9.78. The van der Waals surface area contributed by atoms with E-state index in [1.807, 2.05) is 6.07 Å². The summed E-state index contributed by atoms with van der Waals surface area (Å²) in [5.41, 5.74) is 7.19. The summed E-state index contributed by atoms with van der Waals surface area (Å²) in [7, 11) is 0. The first-order chi connectivity index (χ1) is 13.8. The van der Waals surface area contributed by atoms with Gasteiger partial charge in [-0.05, 0) is 35.4 Å². The number of aliphatic carboxylic acids is 1. The molecule has 0 aliphatic carbocycles. The highest BCUT2D eigenvalue weighted by molar-refractivity contribution is 7.99. The van der Waals surface area contributed by atoms with Gasteiger partial charge in [0.25, 0.3) is 0 Å². The molecule has 2 aromatic carbocycles. The lowest BCUT2D eigenvalue weighted by molar-refractivity contribution is -0.192. The molecule has 2 aromatic rings. The van der Waals surface area contributed by atoms with Gasteiger partial charge in [-0.25, -0.2) is 4.79 Å². The second-order valence-corrected chi connectivity index (χ2v) is 7.06. The highest BCUT2D eigenvalue weighted by atomic mass is 32.2. The van der Waals surface area contributed by atoms with Crippen molar-refractivity contribution in [1.29, 1.82) is 0 Å². The average molecular weight is 452 g/mol. The first kappa shape index (κ1) is 23.5. The number of fused-ring (bicyclic) bond motifs is 1. The Hall–Kier alpha value is -2.73. The minimum Gasteiger partial charge on any atom is -0.475 e. The van der Waals surface area contributed by atoms with Crippen molar-refractivity contribution < 1.29 is 41.0 Å². The summed E-state index contributed by atoms with van der Waals surface area (Å²) < 4.78 is 69.6. The standard InChI is InChI=1S/C16H13F3N2OS.C2HF3O2/c17-16(18,19)11-4-1-9(2-5-11)10-3-6-13-14(7-10)23-8-12(20)15(22)21-13;3-2(4,5)1(6)7/h1-7,12H,8,20H2,(H,21,22);(H,6,7). The predicted molar refractivity (Wildman–Crippen MR) is 97.9 cm³/mol. The van der Waals surface area contributed by atoms with Gasteiger partial charge >= 0.3 is 18.3 Å². The van der Waals surface area contributed by atoms with E-state index < -0.39 is 29.9 Å². The number of rotatable bonds is 1. The van der Waals surface area contributed by atoms with Crippen LogP contribution in [0.25, 0.3) is 11.1 Å². The Morgan fingerprint density at radius 1 is 1.03 bits per heavy atom. The van der Waals surface area contributed by atoms with Gasteiger partial charge in [0.1, 0.15) is 0 Å². The number of carboxylic acid groups (broad SMARTS) is 1. The molecule has 0 radical (unpaired) electrons. The zero-order valence-electron chi connectivity index (χ0n) is 14.8. The van der Waals surface area contributed by atoms with Crippen molar-refractivity contribution in [1.82, 2.24) is 0 Å². The van der Waals surface area contributed by atoms with E-state index >= 15 is 0 Å². The molecule has 4 N–H and O–H groups in total. The fourth-order valence-electron chi connectivity index (χ4n) is 2.26. The summed E-state index contributed by atoms with van der Waals surface area (Å²) in [5, 5.41) is 9.87. The number of halogens is 6. The van der Waals surface area contributed by atoms with Crippen molar-refractivity contribution in [3.63, 3.8) is 0 Å². The zero-order chi connectivity index (χ0) is 22.7. The first-order valence-electron chi connectivity index (χ1n) is 8.10. The summed E-state index contributed by atoms with van der Waals surface area (Å²) in [4.78, 5) is 21.5. The molecular weight excluding hydrogens is 438 g/mol. The molecule has 0 aromatic heterocycles. The number of thioether (sulfide) groups is 1. The Bertz CT molecular complexity index is 929. The number of anilines is 1. The van der Waals surface area contributed by atoms with E-state index in [4.69, 9.17) is 15.6 Å². The number of nitrogens with one attached hydrogen (secondary N) is 1. The summed E-state index contributed by atoms with van der Waals surface area (Å²) in [6.45, 7) is 0. The normalized spacial score (nSPS) is 16.5. The van der Waals surface area contributed by atoms with Gasteiger partial charge in [0.2, 0.25) is 5.91 Å². The Morgan fingerprint density at radius 2 is 1.57 bits per heavy atom. The third-order valence-electron chi connectivity index (χ3n) is 3.78. The van der Waals surface area contributed by atoms with Gasteiger partial charge in [0, 0.05) is 10.6 Å². The SMILES string of the molecule is NC1CSc2cc(-c3ccc(C(F)(F)F)cc3)ccc2NC1=O.O=C(O)C(F)(F)F. The lowest BCUT2D eigenvalue weighted by atomic mass is 10.0. The van der Waals surface area contributed by atoms with E-state index in [1.54, 1.807) is 12.1 Å². The van der Waals surface area contributed by atoms with Gasteiger partial charge in [-0.3, -0.25) is 4.79 Å². The molecule has 1 amide bonds. The third kappa shape index (κ3) is 6.13. The molecule has 1 atom stereocenters. The Morgan fingerprint density at radius 3 is 2.07 bits per heavy atom. The van der Waals surface area contributed by atoms with Crippen molar-refractivity contribution in [2.24, 2.45) is 5.73 Å². The number of hydrogen-bond acceptors (Lipinski definition) is 4. The van der Waals surface area contributed by atoms with Crippen LogP contribution in [-0.4, -0.2) is 35.0 Å². The lowest BCUT2D eigenvalue weighted by Gasteiger charge is -2.10. The number of amides is 1. The number of alkyl halides is 6. The smallest absolute Gasteiger partial charge is 0.475 e. The highest BCUT2D eigenvalue weighted by Crippen LogP contribution is 2.35. The minimum absolute atomic E-state index is 0.237. The molecule has 0 fully saturated rings. The van der Waals surface area contributed by atoms with E-state index in [-0.39, 0.29) is 5.91 Å². The van der Waals surface area contributed by atoms with Crippen molar-refractivity contribution >= 4 is 29.3 Å². The molecule has 5 nitrogen and oxygen atoms in total. The molecule has 1 heterocycles. The second-order valence-electron chi connectivity index (χ2n) is 6.00. The molecular formula is C18H14F6N2O3S. The number of carbonyl (C=O) groups excluding carboxylic acids is 1. The number of nitrogens with two attached hydrogens (primary N) is 1. The Balaban J connectivity index is 0.000000396. The van der Waals surface area contributed by atoms with E-state index in [2.05, 4.69) is 5.32 Å². The molecule has 1 aliphatic heterocycles. The van der Waals surface area contributed by atoms with Crippen molar-refractivity contribution in [2.45, 2.75) is 23.3 Å². The summed E-state index contributed by atoms with van der Waals surface area (Å²) >= 11 is 1.45. The van der Waals surface area contributed by atoms with Gasteiger partial charge in [0.15, 0.2) is 0 Å². The molecule has 30 heavy (non-hydrogen) atoms. The predicted octanol–water partition coefficient (Wildman–Crippen LogP) is 4.38. The van der Waals surface area contributed by atoms with Crippen LogP contribution in [0, 0.1) is 0 Å². The van der Waals surface area contributed by atoms with Crippen LogP contribution in [0.5, 0.6) is 0 Å². The van der Waals surface area contributed by atoms with Crippen molar-refractivity contribution in [2.75, 3.05) is 11.1 Å². The van der Waals surface area contributed by atoms with E-state index in [1.165, 1.54) is 23.9 Å². The maximum Gasteiger partial charge on any atom is 0.490 e. The quantitative estimate of drug-likeness (QED) is 0.559. The maximum absolute atomic E-state index is 12.6. The largest absolute Gasteiger partial charge is 0.490 e. The fraction of sp³-hybridized carbons (Fsp3) is 0.222. The molecule has 1 aliphatic rings. The molecule has 3 rings (SSSR count). The number of benzene rings is 2. The molecule has 0 saturated heterocycles. The molecule has 0 spiro atoms. The first-order valence-corrected chi connectivity index (χ1v) is 9.08. The van der Waals surface area contributed by atoms with E-state index in [9.17, 15) is 31.1 Å². The van der Waals surface area contributed by atoms with Crippen molar-refractivity contribution in [3.8, 4) is 11.1 Å². The Kier molecular flexibility index (Phi) is 7.03. The number of carbonyl (C=O) groups is 2. The van der Waals surface area contributed by atoms with Crippen LogP contribution in [0.3, 0.4) is 0 Å². The topological polar surface area (TPSA) is 92.4 Å². The molecule has 12 heteroatoms. The van der Waals surface area contributed by atoms with Crippen LogP contribution in [0.2, 0.25) is 0 Å². The van der Waals surface area contributed by atoms with Crippen LogP contribution in [0.4, 0.5) is 32.0 Å². The summed E-state index contributed by atoms with van der Waals surface area (Å²) in [5.74, 6) is -2.54. The van der Waals surface area contributed by atoms with E-state index in [0.29, 0.717) is 17.0 Å². The van der Waals surface area contributed by atoms with Crippen molar-refractivity contribution in [3.05, 3.63) is 48.0 Å². The molecule has 0 saturated carbocycles. The summed E-state index contributed by atoms with van der Waals surface area (Å²) in [6.07, 6.45) is -9.43. The monoisotopic (exact) mass is 452 g/mol. The lowest BCUT2D eigenvalue weighted by Crippen LogP contribution is -2.36. The van der Waals surface area contributed by atoms with Gasteiger partial charge in [-0.2, -0.15) is 26.3 Å². The van der Waals surface area contributed by atoms with Crippen LogP contribution in [0.15, 0.2) is 47.4 Å². The third-order valence-corrected chi connectivity index (χ3v) is 4.96. The number of hydrogen-bond donors (Lipinski definition) is 3. The van der Waals surface area contributed by atoms with Crippen LogP contribution in [-0.2, 0) is 15.8 Å². The van der Waals surface area contributed by atoms with Gasteiger partial charge in [-0.1, -0.05) is 18.2 Å². The average Bonchev–Trinajstić information content (AvgIpc) is 2.79. The van der Waals surface area contributed by atoms with Crippen LogP contribution < -0.4 is 11.1 Å². The molecule has 1 unspecified atom stereocenters. The van der Waals surface area contributed by atoms with Gasteiger partial charge in [-0.15, -0.1) is 11.8 Å². The van der Waals surface area contributed by atoms with Crippen LogP contribution in [0.1, 0.15) is 5.56 Å². The second kappa shape index (κ2) is 8.96. The molecule has 0 bridgehead atoms. The minimum atomic E-state index is -5.08. The van der Waals surface area contributed by atoms with E-state index in [0.717, 1.165) is 22.6 Å².